The molecule has 0 radical (unpaired) electrons. The third-order valence-corrected chi connectivity index (χ3v) is 8.36. The fraction of sp³-hybridized carbons (Fsp3) is 0.655. The van der Waals surface area contributed by atoms with Gasteiger partial charge in [0.2, 0.25) is 11.8 Å². The maximum absolute atomic E-state index is 13.3. The number of likely N-dealkylation sites (N-methyl/N-ethyl adjacent to an activating group) is 1. The monoisotopic (exact) mass is 496 g/mol. The lowest BCUT2D eigenvalue weighted by Gasteiger charge is -2.38. The first-order valence-electron chi connectivity index (χ1n) is 13.8. The molecule has 36 heavy (non-hydrogen) atoms. The third-order valence-electron chi connectivity index (χ3n) is 8.36. The smallest absolute Gasteiger partial charge is 0.242 e. The van der Waals surface area contributed by atoms with E-state index in [2.05, 4.69) is 41.8 Å². The molecular weight excluding hydrogens is 452 g/mol. The lowest BCUT2D eigenvalue weighted by atomic mass is 10.0. The van der Waals surface area contributed by atoms with E-state index in [1.807, 2.05) is 16.8 Å². The van der Waals surface area contributed by atoms with Crippen LogP contribution in [0.4, 0.5) is 5.69 Å². The number of rotatable bonds is 6. The Bertz CT molecular complexity index is 959. The number of aliphatic hydroxyl groups excluding tert-OH is 1. The van der Waals surface area contributed by atoms with E-state index < -0.39 is 0 Å². The van der Waals surface area contributed by atoms with Crippen molar-refractivity contribution in [2.24, 2.45) is 0 Å². The van der Waals surface area contributed by atoms with E-state index in [-0.39, 0.29) is 17.9 Å². The molecule has 2 heterocycles. The Morgan fingerprint density at radius 2 is 1.58 bits per heavy atom. The summed E-state index contributed by atoms with van der Waals surface area (Å²) in [5.74, 6) is 0.337. The van der Waals surface area contributed by atoms with E-state index in [1.54, 1.807) is 0 Å². The zero-order valence-corrected chi connectivity index (χ0v) is 22.5. The average Bonchev–Trinajstić information content (AvgIpc) is 3.11. The van der Waals surface area contributed by atoms with Gasteiger partial charge in [-0.15, -0.1) is 0 Å². The van der Waals surface area contributed by atoms with Crippen molar-refractivity contribution in [3.05, 3.63) is 40.6 Å². The van der Waals surface area contributed by atoms with Crippen molar-refractivity contribution in [2.75, 3.05) is 57.8 Å². The van der Waals surface area contributed by atoms with Crippen molar-refractivity contribution in [2.45, 2.75) is 71.3 Å². The van der Waals surface area contributed by atoms with Gasteiger partial charge >= 0.3 is 0 Å². The lowest BCUT2D eigenvalue weighted by molar-refractivity contribution is -0.132. The van der Waals surface area contributed by atoms with Crippen LogP contribution >= 0.6 is 0 Å². The highest BCUT2D eigenvalue weighted by Gasteiger charge is 2.27. The Morgan fingerprint density at radius 1 is 0.917 bits per heavy atom. The number of carbonyl (C=O) groups excluding carboxylic acids is 2. The predicted molar refractivity (Wildman–Crippen MR) is 144 cm³/mol. The summed E-state index contributed by atoms with van der Waals surface area (Å²) >= 11 is 0. The van der Waals surface area contributed by atoms with E-state index in [0.717, 1.165) is 51.9 Å². The zero-order valence-electron chi connectivity index (χ0n) is 22.5. The van der Waals surface area contributed by atoms with Gasteiger partial charge in [-0.05, 0) is 75.1 Å². The number of carbonyl (C=O) groups is 2. The first-order chi connectivity index (χ1) is 17.3. The van der Waals surface area contributed by atoms with Crippen LogP contribution in [0, 0.1) is 13.8 Å². The number of aryl methyl sites for hydroxylation is 1. The molecule has 0 saturated carbocycles. The first kappa shape index (κ1) is 26.5. The van der Waals surface area contributed by atoms with Gasteiger partial charge in [0.05, 0.1) is 12.6 Å². The summed E-state index contributed by atoms with van der Waals surface area (Å²) in [6, 6.07) is 6.44. The van der Waals surface area contributed by atoms with Crippen molar-refractivity contribution in [1.82, 2.24) is 14.7 Å². The Kier molecular flexibility index (Phi) is 8.94. The maximum atomic E-state index is 13.3. The van der Waals surface area contributed by atoms with E-state index in [0.29, 0.717) is 38.9 Å². The number of hydrogen-bond acceptors (Lipinski definition) is 5. The second kappa shape index (κ2) is 12.1. The van der Waals surface area contributed by atoms with Crippen LogP contribution in [0.3, 0.4) is 0 Å². The van der Waals surface area contributed by atoms with Crippen LogP contribution in [0.1, 0.15) is 62.5 Å². The molecule has 0 aromatic heterocycles. The topological polar surface area (TPSA) is 67.3 Å². The number of amides is 2. The molecule has 0 unspecified atom stereocenters. The fourth-order valence-corrected chi connectivity index (χ4v) is 5.86. The Labute approximate surface area is 216 Å². The number of hydrogen-bond donors (Lipinski definition) is 1. The number of piperazine rings is 1. The minimum absolute atomic E-state index is 0.165. The van der Waals surface area contributed by atoms with Gasteiger partial charge in [0.15, 0.2) is 0 Å². The molecule has 7 heteroatoms. The largest absolute Gasteiger partial charge is 0.393 e. The molecule has 1 N–H and O–H groups in total. The van der Waals surface area contributed by atoms with Gasteiger partial charge in [-0.25, -0.2) is 0 Å². The molecule has 1 aliphatic carbocycles. The molecule has 4 rings (SSSR count). The van der Waals surface area contributed by atoms with Gasteiger partial charge in [0, 0.05) is 64.1 Å². The highest BCUT2D eigenvalue weighted by atomic mass is 16.3. The summed E-state index contributed by atoms with van der Waals surface area (Å²) in [5, 5.41) is 9.78. The Balaban J connectivity index is 1.35. The highest BCUT2D eigenvalue weighted by Crippen LogP contribution is 2.29. The third kappa shape index (κ3) is 6.41. The number of aliphatic hydroxyl groups is 1. The van der Waals surface area contributed by atoms with Crippen LogP contribution in [0.25, 0.3) is 0 Å². The number of anilines is 1. The van der Waals surface area contributed by atoms with Crippen LogP contribution < -0.4 is 4.90 Å². The lowest BCUT2D eigenvalue weighted by Crippen LogP contribution is -2.51. The van der Waals surface area contributed by atoms with Crippen molar-refractivity contribution in [3.8, 4) is 0 Å². The van der Waals surface area contributed by atoms with Gasteiger partial charge in [-0.2, -0.15) is 0 Å². The maximum Gasteiger partial charge on any atom is 0.242 e. The van der Waals surface area contributed by atoms with Crippen LogP contribution in [-0.2, 0) is 9.59 Å². The normalized spacial score (nSPS) is 19.9. The zero-order chi connectivity index (χ0) is 25.7. The molecule has 1 aromatic rings. The van der Waals surface area contributed by atoms with Crippen LogP contribution in [0.5, 0.6) is 0 Å². The van der Waals surface area contributed by atoms with E-state index in [9.17, 15) is 14.7 Å². The van der Waals surface area contributed by atoms with Crippen molar-refractivity contribution in [1.29, 1.82) is 0 Å². The van der Waals surface area contributed by atoms with E-state index >= 15 is 0 Å². The van der Waals surface area contributed by atoms with Gasteiger partial charge in [0.1, 0.15) is 0 Å². The summed E-state index contributed by atoms with van der Waals surface area (Å²) < 4.78 is 0. The molecule has 198 valence electrons. The van der Waals surface area contributed by atoms with Crippen molar-refractivity contribution < 1.29 is 14.7 Å². The first-order valence-corrected chi connectivity index (χ1v) is 13.8. The number of nitrogens with zero attached hydrogens (tertiary/aromatic N) is 4. The molecule has 2 saturated heterocycles. The van der Waals surface area contributed by atoms with E-state index in [4.69, 9.17) is 0 Å². The highest BCUT2D eigenvalue weighted by molar-refractivity contribution is 5.80. The van der Waals surface area contributed by atoms with Gasteiger partial charge in [-0.1, -0.05) is 18.6 Å². The van der Waals surface area contributed by atoms with Gasteiger partial charge < -0.3 is 24.7 Å². The molecule has 3 aliphatic rings. The SMILES string of the molecule is Cc1cccc(N2CCN(C(=O)CN(C)C3=C(CC(=O)N4CCC(O)CC4)CCCCC3)CC2)c1C. The molecule has 0 bridgehead atoms. The second-order valence-electron chi connectivity index (χ2n) is 10.8. The van der Waals surface area contributed by atoms with Crippen LogP contribution in [0.15, 0.2) is 29.5 Å². The molecule has 0 atom stereocenters. The van der Waals surface area contributed by atoms with Gasteiger partial charge in [-0.3, -0.25) is 9.59 Å². The molecular formula is C29H44N4O3. The quantitative estimate of drug-likeness (QED) is 0.653. The molecule has 1 aromatic carbocycles. The molecule has 2 amide bonds. The molecule has 0 spiro atoms. The summed E-state index contributed by atoms with van der Waals surface area (Å²) in [4.78, 5) is 34.7. The molecule has 2 aliphatic heterocycles. The number of piperidine rings is 1. The molecule has 2 fully saturated rings. The second-order valence-corrected chi connectivity index (χ2v) is 10.8. The van der Waals surface area contributed by atoms with Crippen LogP contribution in [0.2, 0.25) is 0 Å². The summed E-state index contributed by atoms with van der Waals surface area (Å²) in [7, 11) is 2.02. The average molecular weight is 497 g/mol. The van der Waals surface area contributed by atoms with Gasteiger partial charge in [0.25, 0.3) is 0 Å². The number of allylic oxidation sites excluding steroid dienone is 1. The van der Waals surface area contributed by atoms with Crippen molar-refractivity contribution in [3.63, 3.8) is 0 Å². The minimum atomic E-state index is -0.276. The predicted octanol–water partition coefficient (Wildman–Crippen LogP) is 3.48. The minimum Gasteiger partial charge on any atom is -0.393 e. The summed E-state index contributed by atoms with van der Waals surface area (Å²) in [5.41, 5.74) is 6.30. The summed E-state index contributed by atoms with van der Waals surface area (Å²) in [6.45, 7) is 9.17. The van der Waals surface area contributed by atoms with Crippen molar-refractivity contribution >= 4 is 17.5 Å². The fourth-order valence-electron chi connectivity index (χ4n) is 5.86. The summed E-state index contributed by atoms with van der Waals surface area (Å²) in [6.07, 6.45) is 6.75. The number of likely N-dealkylation sites (tertiary alicyclic amines) is 1. The Morgan fingerprint density at radius 3 is 2.31 bits per heavy atom. The standard InChI is InChI=1S/C29H44N4O3/c1-22-8-7-11-26(23(22)2)31-16-18-33(19-17-31)29(36)21-30(3)27-10-6-4-5-9-24(27)20-28(35)32-14-12-25(34)13-15-32/h7-8,11,25,34H,4-6,9-10,12-21H2,1-3H3. The Hall–Kier alpha value is -2.54. The van der Waals surface area contributed by atoms with E-state index in [1.165, 1.54) is 34.5 Å². The van der Waals surface area contributed by atoms with Crippen LogP contribution in [-0.4, -0.2) is 90.6 Å². The number of benzene rings is 1. The molecule has 7 nitrogen and oxygen atoms in total.